The van der Waals surface area contributed by atoms with Crippen LogP contribution in [0, 0.1) is 17.8 Å². The maximum Gasteiger partial charge on any atom is 0.309 e. The number of ether oxygens (including phenoxy) is 1. The molecule has 2 fully saturated rings. The van der Waals surface area contributed by atoms with Gasteiger partial charge < -0.3 is 4.74 Å². The number of sulfonamides is 1. The van der Waals surface area contributed by atoms with Gasteiger partial charge in [-0.1, -0.05) is 24.8 Å². The Kier molecular flexibility index (Phi) is 9.03. The maximum absolute atomic E-state index is 12.7. The van der Waals surface area contributed by atoms with E-state index in [1.54, 1.807) is 0 Å². The van der Waals surface area contributed by atoms with Crippen LogP contribution in [0.2, 0.25) is 0 Å². The van der Waals surface area contributed by atoms with Crippen LogP contribution in [0.1, 0.15) is 59.3 Å². The van der Waals surface area contributed by atoms with Gasteiger partial charge in [0.05, 0.1) is 25.1 Å². The number of carbonyl (C=O) groups is 1. The van der Waals surface area contributed by atoms with E-state index >= 15 is 0 Å². The Morgan fingerprint density at radius 3 is 2.29 bits per heavy atom. The van der Waals surface area contributed by atoms with Crippen LogP contribution in [-0.4, -0.2) is 49.6 Å². The van der Waals surface area contributed by atoms with Crippen LogP contribution in [0.25, 0.3) is 0 Å². The number of esters is 1. The van der Waals surface area contributed by atoms with Crippen LogP contribution in [0.15, 0.2) is 0 Å². The molecule has 0 aromatic rings. The summed E-state index contributed by atoms with van der Waals surface area (Å²) >= 11 is 0.641. The molecule has 1 saturated heterocycles. The van der Waals surface area contributed by atoms with E-state index in [9.17, 15) is 13.2 Å². The molecule has 0 atom stereocenters. The molecule has 1 saturated carbocycles. The molecule has 0 aromatic carbocycles. The van der Waals surface area contributed by atoms with Crippen molar-refractivity contribution < 1.29 is 32.2 Å². The lowest BCUT2D eigenvalue weighted by Crippen LogP contribution is -2.44. The van der Waals surface area contributed by atoms with Gasteiger partial charge in [0.2, 0.25) is 10.0 Å². The van der Waals surface area contributed by atoms with Crippen molar-refractivity contribution in [3.63, 3.8) is 0 Å². The summed E-state index contributed by atoms with van der Waals surface area (Å²) in [4.78, 5) is 16.9. The first-order chi connectivity index (χ1) is 13.2. The lowest BCUT2D eigenvalue weighted by molar-refractivity contribution is -0.447. The van der Waals surface area contributed by atoms with E-state index in [1.165, 1.54) is 24.3 Å². The van der Waals surface area contributed by atoms with Crippen molar-refractivity contribution >= 4 is 28.0 Å². The summed E-state index contributed by atoms with van der Waals surface area (Å²) in [6, 6.07) is 0. The SMILES string of the molecule is COOOSCS(=O)(=O)N1CCC(C(=O)OC(C)(C)C2CCC(C)CC2)CC1. The van der Waals surface area contributed by atoms with E-state index in [1.807, 2.05) is 13.8 Å². The van der Waals surface area contributed by atoms with Crippen LogP contribution < -0.4 is 0 Å². The van der Waals surface area contributed by atoms with Crippen LogP contribution in [-0.2, 0) is 33.8 Å². The molecule has 0 N–H and O–H groups in total. The largest absolute Gasteiger partial charge is 0.459 e. The molecular formula is C18H33NO7S2. The highest BCUT2D eigenvalue weighted by molar-refractivity contribution is 8.08. The Bertz CT molecular complexity index is 595. The summed E-state index contributed by atoms with van der Waals surface area (Å²) in [5.74, 6) is 0.680. The molecule has 0 aromatic heterocycles. The molecule has 0 spiro atoms. The highest BCUT2D eigenvalue weighted by Gasteiger charge is 2.38. The molecule has 1 heterocycles. The predicted octanol–water partition coefficient (Wildman–Crippen LogP) is 3.29. The zero-order valence-corrected chi connectivity index (χ0v) is 18.9. The van der Waals surface area contributed by atoms with Gasteiger partial charge in [-0.2, -0.15) is 0 Å². The number of carbonyl (C=O) groups excluding carboxylic acids is 1. The fourth-order valence-electron chi connectivity index (χ4n) is 3.95. The van der Waals surface area contributed by atoms with Gasteiger partial charge in [0.25, 0.3) is 0 Å². The van der Waals surface area contributed by atoms with E-state index in [-0.39, 0.29) is 17.0 Å². The van der Waals surface area contributed by atoms with E-state index < -0.39 is 15.6 Å². The Hall–Kier alpha value is -0.390. The lowest BCUT2D eigenvalue weighted by Gasteiger charge is -2.39. The number of nitrogens with zero attached hydrogens (tertiary/aromatic N) is 1. The normalized spacial score (nSPS) is 25.6. The van der Waals surface area contributed by atoms with Crippen LogP contribution >= 0.6 is 12.0 Å². The fraction of sp³-hybridized carbons (Fsp3) is 0.944. The van der Waals surface area contributed by atoms with Gasteiger partial charge in [0.15, 0.2) is 0 Å². The van der Waals surface area contributed by atoms with Crippen molar-refractivity contribution in [3.05, 3.63) is 0 Å². The zero-order chi connectivity index (χ0) is 20.8. The van der Waals surface area contributed by atoms with E-state index in [0.717, 1.165) is 18.8 Å². The van der Waals surface area contributed by atoms with Crippen molar-refractivity contribution in [2.45, 2.75) is 64.9 Å². The average molecular weight is 440 g/mol. The molecule has 10 heteroatoms. The first kappa shape index (κ1) is 23.9. The van der Waals surface area contributed by atoms with Crippen LogP contribution in [0.4, 0.5) is 0 Å². The Morgan fingerprint density at radius 1 is 1.11 bits per heavy atom. The summed E-state index contributed by atoms with van der Waals surface area (Å²) in [5.41, 5.74) is -0.476. The van der Waals surface area contributed by atoms with Gasteiger partial charge in [0.1, 0.15) is 10.7 Å². The minimum Gasteiger partial charge on any atom is -0.459 e. The quantitative estimate of drug-likeness (QED) is 0.178. The average Bonchev–Trinajstić information content (AvgIpc) is 2.65. The van der Waals surface area contributed by atoms with Crippen LogP contribution in [0.5, 0.6) is 0 Å². The topological polar surface area (TPSA) is 91.4 Å². The highest BCUT2D eigenvalue weighted by Crippen LogP contribution is 2.38. The molecule has 28 heavy (non-hydrogen) atoms. The van der Waals surface area contributed by atoms with Gasteiger partial charge >= 0.3 is 5.97 Å². The third-order valence-corrected chi connectivity index (χ3v) is 8.76. The monoisotopic (exact) mass is 439 g/mol. The third kappa shape index (κ3) is 6.84. The summed E-state index contributed by atoms with van der Waals surface area (Å²) in [7, 11) is -2.23. The molecule has 1 aliphatic carbocycles. The molecular weight excluding hydrogens is 406 g/mol. The van der Waals surface area contributed by atoms with Crippen LogP contribution in [0.3, 0.4) is 0 Å². The summed E-state index contributed by atoms with van der Waals surface area (Å²) in [6.45, 7) is 6.88. The van der Waals surface area contributed by atoms with Crippen molar-refractivity contribution in [3.8, 4) is 0 Å². The fourth-order valence-corrected chi connectivity index (χ4v) is 6.06. The molecule has 0 unspecified atom stereocenters. The Morgan fingerprint density at radius 2 is 1.71 bits per heavy atom. The second kappa shape index (κ2) is 10.6. The summed E-state index contributed by atoms with van der Waals surface area (Å²) < 4.78 is 36.4. The molecule has 164 valence electrons. The Balaban J connectivity index is 1.79. The second-order valence-corrected chi connectivity index (χ2v) is 11.3. The lowest BCUT2D eigenvalue weighted by atomic mass is 9.75. The molecule has 2 aliphatic rings. The Labute approximate surface area is 172 Å². The standard InChI is InChI=1S/C18H33NO7S2/c1-14-5-7-16(8-6-14)18(2,3)24-17(20)15-9-11-19(12-10-15)28(21,22)13-27-26-25-23-4/h14-16H,5-13H2,1-4H3. The van der Waals surface area contributed by atoms with E-state index in [4.69, 9.17) is 4.74 Å². The molecule has 0 amide bonds. The predicted molar refractivity (Wildman–Crippen MR) is 106 cm³/mol. The van der Waals surface area contributed by atoms with E-state index in [0.29, 0.717) is 43.9 Å². The zero-order valence-electron chi connectivity index (χ0n) is 17.2. The van der Waals surface area contributed by atoms with Crippen molar-refractivity contribution in [1.82, 2.24) is 4.31 Å². The maximum atomic E-state index is 12.7. The second-order valence-electron chi connectivity index (χ2n) is 8.31. The van der Waals surface area contributed by atoms with Crippen molar-refractivity contribution in [2.24, 2.45) is 17.8 Å². The number of rotatable bonds is 9. The third-order valence-electron chi connectivity index (χ3n) is 5.88. The van der Waals surface area contributed by atoms with Gasteiger partial charge in [-0.3, -0.25) is 4.79 Å². The van der Waals surface area contributed by atoms with E-state index in [2.05, 4.69) is 21.2 Å². The molecule has 0 bridgehead atoms. The van der Waals surface area contributed by atoms with Gasteiger partial charge in [-0.15, -0.1) is 4.33 Å². The van der Waals surface area contributed by atoms with Gasteiger partial charge in [-0.05, 0) is 51.4 Å². The first-order valence-corrected chi connectivity index (χ1v) is 12.4. The molecule has 2 rings (SSSR count). The molecule has 8 nitrogen and oxygen atoms in total. The minimum absolute atomic E-state index is 0.202. The summed E-state index contributed by atoms with van der Waals surface area (Å²) in [5, 5.41) is 3.91. The van der Waals surface area contributed by atoms with Crippen molar-refractivity contribution in [1.29, 1.82) is 0 Å². The molecule has 0 radical (unpaired) electrons. The smallest absolute Gasteiger partial charge is 0.309 e. The number of piperidine rings is 1. The minimum atomic E-state index is -3.49. The number of hydrogen-bond acceptors (Lipinski definition) is 8. The summed E-state index contributed by atoms with van der Waals surface area (Å²) in [6.07, 6.45) is 5.47. The number of hydrogen-bond donors (Lipinski definition) is 0. The van der Waals surface area contributed by atoms with Gasteiger partial charge in [-0.25, -0.2) is 17.6 Å². The highest BCUT2D eigenvalue weighted by atomic mass is 32.3. The molecule has 1 aliphatic heterocycles. The first-order valence-electron chi connectivity index (χ1n) is 9.85. The van der Waals surface area contributed by atoms with Crippen molar-refractivity contribution in [2.75, 3.05) is 25.3 Å². The van der Waals surface area contributed by atoms with Gasteiger partial charge in [0, 0.05) is 13.1 Å².